The summed E-state index contributed by atoms with van der Waals surface area (Å²) in [6, 6.07) is -1.85. The maximum Gasteiger partial charge on any atom is 0.408 e. The van der Waals surface area contributed by atoms with Crippen molar-refractivity contribution < 1.29 is 34.1 Å². The molecule has 2 unspecified atom stereocenters. The van der Waals surface area contributed by atoms with Gasteiger partial charge in [-0.05, 0) is 38.0 Å². The summed E-state index contributed by atoms with van der Waals surface area (Å²) in [5.74, 6) is -1.28. The van der Waals surface area contributed by atoms with Gasteiger partial charge in [-0.15, -0.1) is 0 Å². The number of piperazine rings is 1. The largest absolute Gasteiger partial charge is 0.467 e. The fraction of sp³-hybridized carbons (Fsp3) is 0.789. The molecule has 1 spiro atoms. The van der Waals surface area contributed by atoms with Crippen LogP contribution < -0.4 is 0 Å². The minimum atomic E-state index is -1.19. The van der Waals surface area contributed by atoms with Crippen LogP contribution in [0.25, 0.3) is 0 Å². The number of aliphatic hydroxyl groups is 1. The Bertz CT molecular complexity index is 693. The van der Waals surface area contributed by atoms with Crippen LogP contribution in [-0.2, 0) is 19.1 Å². The number of aliphatic hydroxyl groups excluding tert-OH is 1. The maximum atomic E-state index is 12.7. The van der Waals surface area contributed by atoms with Crippen molar-refractivity contribution in [2.75, 3.05) is 33.3 Å². The molecule has 2 aliphatic heterocycles. The molecule has 0 bridgehead atoms. The average Bonchev–Trinajstić information content (AvgIpc) is 3.47. The number of carboxylic acid groups (broad SMARTS) is 1. The number of methoxy groups -OCH3 is 1. The van der Waals surface area contributed by atoms with E-state index in [0.29, 0.717) is 13.1 Å². The van der Waals surface area contributed by atoms with Crippen molar-refractivity contribution in [3.8, 4) is 0 Å². The van der Waals surface area contributed by atoms with E-state index >= 15 is 0 Å². The van der Waals surface area contributed by atoms with Crippen molar-refractivity contribution in [2.24, 2.45) is 5.41 Å². The standard InChI is InChI=1S/C19H29N3O7/c1-12-16(25)22(10-9-21(12)18(27)28)13(17(26)29-2)3-4-15(24)20-8-7-19(5-6-19)14(23)11-20/h12-14,23H,3-11H2,1-2H3,(H,27,28)/t12?,13-,14?/m1/s1. The summed E-state index contributed by atoms with van der Waals surface area (Å²) < 4.78 is 4.83. The molecule has 29 heavy (non-hydrogen) atoms. The molecule has 1 aliphatic carbocycles. The van der Waals surface area contributed by atoms with Gasteiger partial charge in [-0.25, -0.2) is 9.59 Å². The first-order valence-electron chi connectivity index (χ1n) is 10.0. The van der Waals surface area contributed by atoms with Crippen LogP contribution in [0, 0.1) is 5.41 Å². The van der Waals surface area contributed by atoms with Crippen molar-refractivity contribution in [3.63, 3.8) is 0 Å². The number of hydrogen-bond acceptors (Lipinski definition) is 6. The Kier molecular flexibility index (Phi) is 6.02. The van der Waals surface area contributed by atoms with Gasteiger partial charge in [0.15, 0.2) is 0 Å². The lowest BCUT2D eigenvalue weighted by Gasteiger charge is -2.41. The molecule has 10 nitrogen and oxygen atoms in total. The van der Waals surface area contributed by atoms with E-state index in [-0.39, 0.29) is 37.3 Å². The smallest absolute Gasteiger partial charge is 0.408 e. The second-order valence-electron chi connectivity index (χ2n) is 8.23. The topological polar surface area (TPSA) is 128 Å². The number of rotatable bonds is 5. The molecular weight excluding hydrogens is 382 g/mol. The predicted octanol–water partition coefficient (Wildman–Crippen LogP) is -0.108. The number of carbonyl (C=O) groups is 4. The number of esters is 1. The lowest BCUT2D eigenvalue weighted by atomic mass is 9.90. The zero-order chi connectivity index (χ0) is 21.3. The van der Waals surface area contributed by atoms with Crippen LogP contribution in [0.4, 0.5) is 4.79 Å². The molecular formula is C19H29N3O7. The second-order valence-corrected chi connectivity index (χ2v) is 8.23. The quantitative estimate of drug-likeness (QED) is 0.604. The van der Waals surface area contributed by atoms with E-state index in [4.69, 9.17) is 4.74 Å². The van der Waals surface area contributed by atoms with E-state index in [2.05, 4.69) is 0 Å². The van der Waals surface area contributed by atoms with E-state index in [1.54, 1.807) is 4.90 Å². The van der Waals surface area contributed by atoms with Crippen LogP contribution in [0.3, 0.4) is 0 Å². The highest BCUT2D eigenvalue weighted by Gasteiger charge is 2.51. The zero-order valence-electron chi connectivity index (χ0n) is 16.9. The molecule has 3 aliphatic rings. The Morgan fingerprint density at radius 1 is 1.21 bits per heavy atom. The Morgan fingerprint density at radius 2 is 1.90 bits per heavy atom. The normalized spacial score (nSPS) is 27.0. The van der Waals surface area contributed by atoms with Gasteiger partial charge in [-0.1, -0.05) is 0 Å². The maximum absolute atomic E-state index is 12.7. The van der Waals surface area contributed by atoms with E-state index in [0.717, 1.165) is 24.2 Å². The molecule has 3 fully saturated rings. The summed E-state index contributed by atoms with van der Waals surface area (Å²) in [5.41, 5.74) is -0.00228. The number of carbonyl (C=O) groups excluding carboxylic acids is 3. The molecule has 3 rings (SSSR count). The third kappa shape index (κ3) is 4.17. The van der Waals surface area contributed by atoms with E-state index < -0.39 is 36.2 Å². The van der Waals surface area contributed by atoms with E-state index in [1.165, 1.54) is 18.9 Å². The third-order valence-corrected chi connectivity index (χ3v) is 6.64. The van der Waals surface area contributed by atoms with Crippen molar-refractivity contribution >= 4 is 23.9 Å². The van der Waals surface area contributed by atoms with Gasteiger partial charge >= 0.3 is 12.1 Å². The molecule has 1 saturated carbocycles. The first kappa shape index (κ1) is 21.4. The second kappa shape index (κ2) is 8.17. The van der Waals surface area contributed by atoms with Crippen molar-refractivity contribution in [1.82, 2.24) is 14.7 Å². The minimum Gasteiger partial charge on any atom is -0.467 e. The van der Waals surface area contributed by atoms with Crippen LogP contribution in [0.5, 0.6) is 0 Å². The van der Waals surface area contributed by atoms with Gasteiger partial charge in [0, 0.05) is 32.6 Å². The van der Waals surface area contributed by atoms with Crippen molar-refractivity contribution in [3.05, 3.63) is 0 Å². The molecule has 3 atom stereocenters. The van der Waals surface area contributed by atoms with Crippen LogP contribution in [0.1, 0.15) is 39.0 Å². The SMILES string of the molecule is COC(=O)[C@@H](CCC(=O)N1CCC2(CC2)C(O)C1)N1CCN(C(=O)O)C(C)C1=O. The molecule has 2 N–H and O–H groups in total. The molecule has 162 valence electrons. The summed E-state index contributed by atoms with van der Waals surface area (Å²) in [5, 5.41) is 19.5. The number of β-amino-alcohol motifs (C(OH)–C–C–N with tert-alkyl or cyclic N) is 1. The molecule has 3 amide bonds. The van der Waals surface area contributed by atoms with Gasteiger partial charge in [0.05, 0.1) is 13.2 Å². The molecule has 0 aromatic rings. The molecule has 2 heterocycles. The fourth-order valence-electron chi connectivity index (χ4n) is 4.41. The van der Waals surface area contributed by atoms with Gasteiger partial charge in [0.2, 0.25) is 11.8 Å². The molecule has 2 saturated heterocycles. The number of likely N-dealkylation sites (tertiary alicyclic amines) is 1. The van der Waals surface area contributed by atoms with Crippen LogP contribution in [0.15, 0.2) is 0 Å². The van der Waals surface area contributed by atoms with Crippen LogP contribution in [0.2, 0.25) is 0 Å². The predicted molar refractivity (Wildman–Crippen MR) is 99.8 cm³/mol. The van der Waals surface area contributed by atoms with Gasteiger partial charge in [0.1, 0.15) is 12.1 Å². The summed E-state index contributed by atoms with van der Waals surface area (Å²) in [6.07, 6.45) is 1.23. The Hall–Kier alpha value is -2.36. The zero-order valence-corrected chi connectivity index (χ0v) is 16.9. The Labute approximate surface area is 169 Å². The van der Waals surface area contributed by atoms with Crippen LogP contribution in [-0.4, -0.2) is 100 Å². The van der Waals surface area contributed by atoms with Crippen molar-refractivity contribution in [2.45, 2.75) is 57.2 Å². The fourth-order valence-corrected chi connectivity index (χ4v) is 4.41. The molecule has 0 radical (unpaired) electrons. The molecule has 0 aromatic carbocycles. The van der Waals surface area contributed by atoms with Gasteiger partial charge < -0.3 is 24.7 Å². The van der Waals surface area contributed by atoms with Crippen LogP contribution >= 0.6 is 0 Å². The lowest BCUT2D eigenvalue weighted by molar-refractivity contribution is -0.158. The molecule has 10 heteroatoms. The lowest BCUT2D eigenvalue weighted by Crippen LogP contribution is -2.61. The monoisotopic (exact) mass is 411 g/mol. The number of piperidine rings is 1. The number of nitrogens with zero attached hydrogens (tertiary/aromatic N) is 3. The Morgan fingerprint density at radius 3 is 2.45 bits per heavy atom. The van der Waals surface area contributed by atoms with E-state index in [9.17, 15) is 29.4 Å². The van der Waals surface area contributed by atoms with Gasteiger partial charge in [0.25, 0.3) is 0 Å². The summed E-state index contributed by atoms with van der Waals surface area (Å²) in [4.78, 5) is 52.8. The van der Waals surface area contributed by atoms with Gasteiger partial charge in [-0.3, -0.25) is 14.5 Å². The summed E-state index contributed by atoms with van der Waals surface area (Å²) >= 11 is 0. The highest BCUT2D eigenvalue weighted by molar-refractivity contribution is 5.90. The number of ether oxygens (including phenoxy) is 1. The summed E-state index contributed by atoms with van der Waals surface area (Å²) in [6.45, 7) is 2.52. The van der Waals surface area contributed by atoms with Gasteiger partial charge in [-0.2, -0.15) is 0 Å². The number of hydrogen-bond donors (Lipinski definition) is 2. The van der Waals surface area contributed by atoms with Crippen molar-refractivity contribution in [1.29, 1.82) is 0 Å². The first-order valence-corrected chi connectivity index (χ1v) is 10.0. The molecule has 0 aromatic heterocycles. The number of amides is 3. The highest BCUT2D eigenvalue weighted by Crippen LogP contribution is 2.53. The summed E-state index contributed by atoms with van der Waals surface area (Å²) in [7, 11) is 1.22. The average molecular weight is 411 g/mol. The third-order valence-electron chi connectivity index (χ3n) is 6.64. The highest BCUT2D eigenvalue weighted by atomic mass is 16.5. The first-order chi connectivity index (χ1) is 13.7. The van der Waals surface area contributed by atoms with E-state index in [1.807, 2.05) is 0 Å². The minimum absolute atomic E-state index is 0.00228. The Balaban J connectivity index is 1.61.